The summed E-state index contributed by atoms with van der Waals surface area (Å²) in [4.78, 5) is 22.1. The van der Waals surface area contributed by atoms with Crippen LogP contribution in [0.5, 0.6) is 0 Å². The monoisotopic (exact) mass is 569 g/mol. The van der Waals surface area contributed by atoms with Gasteiger partial charge < -0.3 is 29.9 Å². The zero-order chi connectivity index (χ0) is 29.3. The van der Waals surface area contributed by atoms with E-state index in [4.69, 9.17) is 19.7 Å². The average molecular weight is 570 g/mol. The number of hydrogen-bond acceptors (Lipinski definition) is 9. The summed E-state index contributed by atoms with van der Waals surface area (Å²) in [5.41, 5.74) is 3.80. The Kier molecular flexibility index (Phi) is 6.49. The number of aliphatic hydroxyl groups is 1. The lowest BCUT2D eigenvalue weighted by Gasteiger charge is -2.46. The lowest BCUT2D eigenvalue weighted by Crippen LogP contribution is -2.54. The van der Waals surface area contributed by atoms with Gasteiger partial charge in [-0.1, -0.05) is 19.9 Å². The fourth-order valence-corrected chi connectivity index (χ4v) is 7.23. The van der Waals surface area contributed by atoms with Crippen molar-refractivity contribution in [2.24, 2.45) is 0 Å². The van der Waals surface area contributed by atoms with Gasteiger partial charge in [-0.15, -0.1) is 0 Å². The largest absolute Gasteiger partial charge is 0.384 e. The predicted octanol–water partition coefficient (Wildman–Crippen LogP) is 4.89. The topological polar surface area (TPSA) is 89.9 Å². The summed E-state index contributed by atoms with van der Waals surface area (Å²) in [6, 6.07) is 12.9. The summed E-state index contributed by atoms with van der Waals surface area (Å²) in [6.07, 6.45) is 5.02. The molecule has 5 heterocycles. The molecule has 2 fully saturated rings. The molecule has 0 radical (unpaired) electrons. The van der Waals surface area contributed by atoms with Crippen LogP contribution in [0.3, 0.4) is 0 Å². The molecule has 4 aliphatic rings. The van der Waals surface area contributed by atoms with E-state index >= 15 is 0 Å². The number of aryl methyl sites for hydroxylation is 1. The van der Waals surface area contributed by atoms with Crippen LogP contribution in [0.1, 0.15) is 63.8 Å². The fraction of sp³-hybridized carbons (Fsp3) is 0.545. The van der Waals surface area contributed by atoms with Crippen LogP contribution in [0.4, 0.5) is 29.0 Å². The molecule has 2 aromatic heterocycles. The second kappa shape index (κ2) is 9.89. The number of likely N-dealkylation sites (N-methyl/N-ethyl adjacent to an activating group) is 1. The molecular formula is C33H43N7O2. The number of hydrogen-bond donors (Lipinski definition) is 2. The van der Waals surface area contributed by atoms with Crippen molar-refractivity contribution >= 4 is 29.0 Å². The van der Waals surface area contributed by atoms with E-state index in [1.807, 2.05) is 13.1 Å². The molecule has 3 atom stereocenters. The highest BCUT2D eigenvalue weighted by Gasteiger charge is 2.55. The normalized spacial score (nSPS) is 28.4. The maximum atomic E-state index is 11.4. The molecule has 9 nitrogen and oxygen atoms in total. The molecule has 2 saturated heterocycles. The van der Waals surface area contributed by atoms with Crippen LogP contribution in [0.2, 0.25) is 0 Å². The van der Waals surface area contributed by atoms with E-state index in [0.717, 1.165) is 79.6 Å². The molecular weight excluding hydrogens is 526 g/mol. The van der Waals surface area contributed by atoms with Crippen molar-refractivity contribution in [2.45, 2.75) is 76.0 Å². The lowest BCUT2D eigenvalue weighted by molar-refractivity contribution is -0.0893. The number of aromatic nitrogens is 3. The van der Waals surface area contributed by atoms with Crippen molar-refractivity contribution in [1.29, 1.82) is 0 Å². The van der Waals surface area contributed by atoms with Gasteiger partial charge in [-0.2, -0.15) is 4.98 Å². The summed E-state index contributed by atoms with van der Waals surface area (Å²) in [6.45, 7) is 13.4. The zero-order valence-electron chi connectivity index (χ0n) is 25.5. The number of nitrogens with one attached hydrogen (secondary N) is 1. The minimum absolute atomic E-state index is 0.102. The Morgan fingerprint density at radius 3 is 2.52 bits per heavy atom. The quantitative estimate of drug-likeness (QED) is 0.446. The molecule has 0 saturated carbocycles. The summed E-state index contributed by atoms with van der Waals surface area (Å²) < 4.78 is 6.38. The van der Waals surface area contributed by atoms with Crippen LogP contribution in [-0.2, 0) is 22.2 Å². The van der Waals surface area contributed by atoms with Crippen LogP contribution in [0.15, 0.2) is 42.6 Å². The Bertz CT molecular complexity index is 1490. The highest BCUT2D eigenvalue weighted by atomic mass is 16.5. The first-order valence-corrected chi connectivity index (χ1v) is 15.4. The van der Waals surface area contributed by atoms with Gasteiger partial charge in [0.1, 0.15) is 17.2 Å². The van der Waals surface area contributed by atoms with Crippen molar-refractivity contribution in [1.82, 2.24) is 19.9 Å². The molecule has 1 aromatic carbocycles. The third-order valence-electron chi connectivity index (χ3n) is 10.1. The first-order valence-electron chi connectivity index (χ1n) is 15.4. The number of benzene rings is 1. The van der Waals surface area contributed by atoms with Crippen molar-refractivity contribution < 1.29 is 9.84 Å². The third kappa shape index (κ3) is 4.53. The van der Waals surface area contributed by atoms with Gasteiger partial charge in [-0.05, 0) is 82.5 Å². The smallest absolute Gasteiger partial charge is 0.229 e. The second-order valence-corrected chi connectivity index (χ2v) is 13.5. The van der Waals surface area contributed by atoms with Gasteiger partial charge in [-0.25, -0.2) is 9.97 Å². The van der Waals surface area contributed by atoms with Crippen molar-refractivity contribution in [3.05, 3.63) is 59.4 Å². The Hall–Kier alpha value is -3.27. The highest BCUT2D eigenvalue weighted by Crippen LogP contribution is 2.53. The van der Waals surface area contributed by atoms with E-state index in [1.165, 1.54) is 5.69 Å². The SMILES string of the molecule is CC[C@]1(O)CCc2ccc(N3c4nc(Nc5ccc(N6CCN(C)CC6)cc5)ncc4[C@@]4(C)COC(C)(C)C[C@@H]34)nc21. The molecule has 2 N–H and O–H groups in total. The van der Waals surface area contributed by atoms with Crippen LogP contribution in [0, 0.1) is 0 Å². The fourth-order valence-electron chi connectivity index (χ4n) is 7.23. The lowest BCUT2D eigenvalue weighted by atomic mass is 9.73. The third-order valence-corrected chi connectivity index (χ3v) is 10.1. The van der Waals surface area contributed by atoms with Gasteiger partial charge in [0.05, 0.1) is 23.9 Å². The van der Waals surface area contributed by atoms with Gasteiger partial charge in [0.15, 0.2) is 0 Å². The maximum Gasteiger partial charge on any atom is 0.229 e. The van der Waals surface area contributed by atoms with E-state index in [0.29, 0.717) is 19.0 Å². The van der Waals surface area contributed by atoms with Crippen LogP contribution in [0.25, 0.3) is 0 Å². The Balaban J connectivity index is 1.23. The number of pyridine rings is 1. The van der Waals surface area contributed by atoms with Crippen LogP contribution in [-0.4, -0.2) is 76.4 Å². The Morgan fingerprint density at radius 1 is 1.02 bits per heavy atom. The van der Waals surface area contributed by atoms with Gasteiger partial charge >= 0.3 is 0 Å². The Morgan fingerprint density at radius 2 is 1.79 bits per heavy atom. The number of ether oxygens (including phenoxy) is 1. The summed E-state index contributed by atoms with van der Waals surface area (Å²) in [5, 5.41) is 14.8. The van der Waals surface area contributed by atoms with E-state index in [9.17, 15) is 5.11 Å². The van der Waals surface area contributed by atoms with E-state index < -0.39 is 5.60 Å². The number of nitrogens with zero attached hydrogens (tertiary/aromatic N) is 6. The first kappa shape index (κ1) is 27.6. The molecule has 9 heteroatoms. The van der Waals surface area contributed by atoms with E-state index in [1.54, 1.807) is 0 Å². The minimum Gasteiger partial charge on any atom is -0.384 e. The molecule has 3 aromatic rings. The molecule has 0 bridgehead atoms. The first-order chi connectivity index (χ1) is 20.1. The molecule has 1 aliphatic carbocycles. The minimum atomic E-state index is -0.874. The second-order valence-electron chi connectivity index (χ2n) is 13.5. The van der Waals surface area contributed by atoms with Gasteiger partial charge in [0, 0.05) is 54.7 Å². The standard InChI is InChI=1S/C33H43N7O2/c1-6-33(41)14-13-22-7-12-27(36-28(22)33)40-26-19-31(2,3)42-21-32(26,4)25-20-34-30(37-29(25)40)35-23-8-10-24(11-9-23)39-17-15-38(5)16-18-39/h7-12,20,26,41H,6,13-19,21H2,1-5H3,(H,34,35,37)/t26-,32-,33+/m1/s1. The zero-order valence-corrected chi connectivity index (χ0v) is 25.5. The van der Waals surface area contributed by atoms with Crippen LogP contribution >= 0.6 is 0 Å². The van der Waals surface area contributed by atoms with Gasteiger partial charge in [0.2, 0.25) is 5.95 Å². The number of piperazine rings is 1. The Labute approximate surface area is 248 Å². The molecule has 0 amide bonds. The molecule has 7 rings (SSSR count). The van der Waals surface area contributed by atoms with Crippen molar-refractivity contribution in [3.8, 4) is 0 Å². The van der Waals surface area contributed by atoms with Gasteiger partial charge in [-0.3, -0.25) is 0 Å². The summed E-state index contributed by atoms with van der Waals surface area (Å²) in [7, 11) is 2.18. The average Bonchev–Trinajstić information content (AvgIpc) is 3.44. The van der Waals surface area contributed by atoms with Crippen LogP contribution < -0.4 is 15.1 Å². The molecule has 0 spiro atoms. The van der Waals surface area contributed by atoms with Gasteiger partial charge in [0.25, 0.3) is 0 Å². The van der Waals surface area contributed by atoms with Crippen molar-refractivity contribution in [3.63, 3.8) is 0 Å². The summed E-state index contributed by atoms with van der Waals surface area (Å²) in [5.74, 6) is 2.25. The van der Waals surface area contributed by atoms with E-state index in [-0.39, 0.29) is 17.1 Å². The molecule has 3 aliphatic heterocycles. The predicted molar refractivity (Wildman–Crippen MR) is 166 cm³/mol. The number of rotatable bonds is 5. The maximum absolute atomic E-state index is 11.4. The molecule has 42 heavy (non-hydrogen) atoms. The highest BCUT2D eigenvalue weighted by molar-refractivity contribution is 5.71. The molecule has 0 unspecified atom stereocenters. The van der Waals surface area contributed by atoms with Crippen molar-refractivity contribution in [2.75, 3.05) is 55.0 Å². The number of fused-ring (bicyclic) bond motifs is 4. The number of anilines is 5. The molecule has 222 valence electrons. The van der Waals surface area contributed by atoms with E-state index in [2.05, 4.69) is 84.2 Å². The summed E-state index contributed by atoms with van der Waals surface area (Å²) >= 11 is 0.